The molecule has 3 N–H and O–H groups in total. The number of nitro groups is 1. The number of alkyl halides is 3. The van der Waals surface area contributed by atoms with Gasteiger partial charge in [-0.3, -0.25) is 19.7 Å². The summed E-state index contributed by atoms with van der Waals surface area (Å²) in [7, 11) is 0. The smallest absolute Gasteiger partial charge is 0.378 e. The van der Waals surface area contributed by atoms with Gasteiger partial charge in [0, 0.05) is 36.8 Å². The van der Waals surface area contributed by atoms with Gasteiger partial charge in [-0.15, -0.1) is 0 Å². The molecule has 1 amide bonds. The van der Waals surface area contributed by atoms with E-state index in [1.165, 1.54) is 0 Å². The van der Waals surface area contributed by atoms with Gasteiger partial charge in [0.2, 0.25) is 0 Å². The van der Waals surface area contributed by atoms with E-state index in [1.54, 1.807) is 6.92 Å². The first-order chi connectivity index (χ1) is 14.8. The van der Waals surface area contributed by atoms with Gasteiger partial charge in [-0.2, -0.15) is 13.2 Å². The summed E-state index contributed by atoms with van der Waals surface area (Å²) in [5, 5.41) is 16.4. The summed E-state index contributed by atoms with van der Waals surface area (Å²) in [4.78, 5) is 38.3. The largest absolute Gasteiger partial charge is 0.416 e. The Morgan fingerprint density at radius 3 is 2.56 bits per heavy atom. The second-order valence-corrected chi connectivity index (χ2v) is 8.59. The second-order valence-electron chi connectivity index (χ2n) is 8.59. The number of halogens is 3. The fourth-order valence-corrected chi connectivity index (χ4v) is 3.93. The summed E-state index contributed by atoms with van der Waals surface area (Å²) < 4.78 is 38.4. The van der Waals surface area contributed by atoms with Crippen LogP contribution in [0.2, 0.25) is 0 Å². The molecule has 0 unspecified atom stereocenters. The van der Waals surface area contributed by atoms with Crippen molar-refractivity contribution in [3.8, 4) is 0 Å². The highest BCUT2D eigenvalue weighted by molar-refractivity contribution is 6.04. The summed E-state index contributed by atoms with van der Waals surface area (Å²) >= 11 is 0. The van der Waals surface area contributed by atoms with Gasteiger partial charge < -0.3 is 15.6 Å². The van der Waals surface area contributed by atoms with Gasteiger partial charge in [0.15, 0.2) is 5.78 Å². The Hall–Kier alpha value is -3.37. The third kappa shape index (κ3) is 4.76. The average molecular weight is 452 g/mol. The number of nitro benzene ring substituents is 1. The lowest BCUT2D eigenvalue weighted by molar-refractivity contribution is -0.384. The van der Waals surface area contributed by atoms with Gasteiger partial charge >= 0.3 is 6.18 Å². The highest BCUT2D eigenvalue weighted by Crippen LogP contribution is 2.37. The minimum atomic E-state index is -4.69. The number of aromatic nitrogens is 1. The number of benzene rings is 1. The zero-order valence-corrected chi connectivity index (χ0v) is 17.8. The number of H-pyrrole nitrogens is 1. The number of hydrogen-bond acceptors (Lipinski definition) is 5. The molecule has 11 heteroatoms. The van der Waals surface area contributed by atoms with Crippen LogP contribution < -0.4 is 10.6 Å². The predicted molar refractivity (Wildman–Crippen MR) is 111 cm³/mol. The number of hydrogen-bond donors (Lipinski definition) is 3. The van der Waals surface area contributed by atoms with Crippen LogP contribution in [0.1, 0.15) is 57.9 Å². The van der Waals surface area contributed by atoms with Crippen LogP contribution in [0.4, 0.5) is 24.5 Å². The van der Waals surface area contributed by atoms with Gasteiger partial charge in [-0.1, -0.05) is 13.8 Å². The van der Waals surface area contributed by atoms with Crippen molar-refractivity contribution in [2.45, 2.75) is 39.8 Å². The molecule has 0 spiro atoms. The van der Waals surface area contributed by atoms with Crippen LogP contribution >= 0.6 is 0 Å². The molecule has 1 aromatic carbocycles. The maximum atomic E-state index is 12.8. The monoisotopic (exact) mass is 452 g/mol. The van der Waals surface area contributed by atoms with Crippen molar-refractivity contribution in [2.75, 3.05) is 18.4 Å². The minimum absolute atomic E-state index is 0.0136. The summed E-state index contributed by atoms with van der Waals surface area (Å²) in [6.45, 7) is 5.76. The van der Waals surface area contributed by atoms with Gasteiger partial charge in [0.05, 0.1) is 10.5 Å². The summed E-state index contributed by atoms with van der Waals surface area (Å²) in [5.41, 5.74) is 0.0186. The molecule has 0 fully saturated rings. The molecule has 0 radical (unpaired) electrons. The van der Waals surface area contributed by atoms with Crippen LogP contribution in [-0.2, 0) is 12.6 Å². The number of carbonyl (C=O) groups is 2. The molecule has 1 aliphatic rings. The maximum Gasteiger partial charge on any atom is 0.416 e. The number of fused-ring (bicyclic) bond motifs is 1. The molecule has 32 heavy (non-hydrogen) atoms. The van der Waals surface area contributed by atoms with E-state index in [4.69, 9.17) is 0 Å². The van der Waals surface area contributed by atoms with E-state index in [1.807, 2.05) is 13.8 Å². The van der Waals surface area contributed by atoms with Crippen molar-refractivity contribution in [1.29, 1.82) is 0 Å². The fraction of sp³-hybridized carbons (Fsp3) is 0.429. The fourth-order valence-electron chi connectivity index (χ4n) is 3.93. The van der Waals surface area contributed by atoms with Gasteiger partial charge in [0.25, 0.3) is 11.6 Å². The van der Waals surface area contributed by atoms with Crippen LogP contribution in [0.3, 0.4) is 0 Å². The second kappa shape index (κ2) is 8.29. The molecule has 0 aliphatic heterocycles. The SMILES string of the molecule is Cc1c(C(=O)NCCNc2ccc(C(F)(F)F)cc2[N+](=O)[O-])[nH]c2c1C(=O)CC(C)(C)C2. The Bertz CT molecular complexity index is 1090. The van der Waals surface area contributed by atoms with Gasteiger partial charge in [-0.05, 0) is 36.5 Å². The number of anilines is 1. The lowest BCUT2D eigenvalue weighted by Gasteiger charge is -2.28. The highest BCUT2D eigenvalue weighted by atomic mass is 19.4. The topological polar surface area (TPSA) is 117 Å². The molecular weight excluding hydrogens is 429 g/mol. The lowest BCUT2D eigenvalue weighted by Crippen LogP contribution is -2.29. The molecule has 2 aromatic rings. The maximum absolute atomic E-state index is 12.8. The molecule has 172 valence electrons. The van der Waals surface area contributed by atoms with E-state index < -0.39 is 28.3 Å². The zero-order chi connectivity index (χ0) is 23.8. The van der Waals surface area contributed by atoms with E-state index in [0.29, 0.717) is 30.0 Å². The van der Waals surface area contributed by atoms with Gasteiger partial charge in [-0.25, -0.2) is 0 Å². The molecule has 3 rings (SSSR count). The molecule has 0 saturated carbocycles. The molecule has 1 heterocycles. The Balaban J connectivity index is 1.64. The molecular formula is C21H23F3N4O4. The third-order valence-corrected chi connectivity index (χ3v) is 5.38. The number of amides is 1. The average Bonchev–Trinajstić information content (AvgIpc) is 2.99. The van der Waals surface area contributed by atoms with Crippen LogP contribution in [-0.4, -0.2) is 34.7 Å². The van der Waals surface area contributed by atoms with Crippen LogP contribution in [0.5, 0.6) is 0 Å². The van der Waals surface area contributed by atoms with Crippen molar-refractivity contribution in [3.63, 3.8) is 0 Å². The van der Waals surface area contributed by atoms with Crippen LogP contribution in [0.25, 0.3) is 0 Å². The summed E-state index contributed by atoms with van der Waals surface area (Å²) in [5.74, 6) is -0.452. The third-order valence-electron chi connectivity index (χ3n) is 5.38. The number of ketones is 1. The van der Waals surface area contributed by atoms with Crippen molar-refractivity contribution in [1.82, 2.24) is 10.3 Å². The standard InChI is InChI=1S/C21H23F3N4O4/c1-11-17-14(9-20(2,3)10-16(17)29)27-18(11)19(30)26-7-6-25-13-5-4-12(21(22,23)24)8-15(13)28(31)32/h4-5,8,25,27H,6-7,9-10H2,1-3H3,(H,26,30). The number of Topliss-reactive ketones (excluding diaryl/α,β-unsaturated/α-hetero) is 1. The van der Waals surface area contributed by atoms with Crippen molar-refractivity contribution >= 4 is 23.1 Å². The molecule has 1 aliphatic carbocycles. The predicted octanol–water partition coefficient (Wildman–Crippen LogP) is 4.25. The Kier molecular flexibility index (Phi) is 6.03. The van der Waals surface area contributed by atoms with Crippen molar-refractivity contribution < 1.29 is 27.7 Å². The molecule has 8 nitrogen and oxygen atoms in total. The van der Waals surface area contributed by atoms with E-state index in [-0.39, 0.29) is 35.7 Å². The quantitative estimate of drug-likeness (QED) is 0.344. The number of nitrogens with one attached hydrogen (secondary N) is 3. The van der Waals surface area contributed by atoms with E-state index >= 15 is 0 Å². The number of aromatic amines is 1. The first-order valence-electron chi connectivity index (χ1n) is 9.92. The Labute approximate surface area is 181 Å². The Morgan fingerprint density at radius 1 is 1.25 bits per heavy atom. The number of nitrogens with zero attached hydrogens (tertiary/aromatic N) is 1. The van der Waals surface area contributed by atoms with E-state index in [2.05, 4.69) is 15.6 Å². The highest BCUT2D eigenvalue weighted by Gasteiger charge is 2.35. The zero-order valence-electron chi connectivity index (χ0n) is 17.8. The molecule has 0 atom stereocenters. The normalized spacial score (nSPS) is 15.2. The van der Waals surface area contributed by atoms with Crippen molar-refractivity contribution in [3.05, 3.63) is 56.4 Å². The first kappa shape index (κ1) is 23.3. The van der Waals surface area contributed by atoms with E-state index in [0.717, 1.165) is 17.8 Å². The molecule has 1 aromatic heterocycles. The first-order valence-corrected chi connectivity index (χ1v) is 9.92. The summed E-state index contributed by atoms with van der Waals surface area (Å²) in [6.07, 6.45) is -3.65. The van der Waals surface area contributed by atoms with Crippen LogP contribution in [0.15, 0.2) is 18.2 Å². The van der Waals surface area contributed by atoms with E-state index in [9.17, 15) is 32.9 Å². The summed E-state index contributed by atoms with van der Waals surface area (Å²) in [6, 6.07) is 2.20. The van der Waals surface area contributed by atoms with Crippen molar-refractivity contribution in [2.24, 2.45) is 5.41 Å². The lowest BCUT2D eigenvalue weighted by atomic mass is 9.75. The van der Waals surface area contributed by atoms with Crippen LogP contribution in [0, 0.1) is 22.5 Å². The molecule has 0 saturated heterocycles. The number of carbonyl (C=O) groups excluding carboxylic acids is 2. The van der Waals surface area contributed by atoms with Gasteiger partial charge in [0.1, 0.15) is 11.4 Å². The minimum Gasteiger partial charge on any atom is -0.378 e. The number of rotatable bonds is 6. The molecule has 0 bridgehead atoms. The Morgan fingerprint density at radius 2 is 1.94 bits per heavy atom.